The standard InChI is InChI=1S/C17H18ClN5O2/c18-14-7-2-1-6-13(14)16(25)22-21-15(24)12-5-3-10-23(11-12)17-19-8-4-9-20-17/h1-2,4,6-9,12H,3,5,10-11H2,(H,21,24)(H,22,25). The molecule has 1 fully saturated rings. The molecule has 1 saturated heterocycles. The van der Waals surface area contributed by atoms with Gasteiger partial charge in [-0.25, -0.2) is 9.97 Å². The van der Waals surface area contributed by atoms with Gasteiger partial charge in [-0.2, -0.15) is 0 Å². The third kappa shape index (κ3) is 4.24. The summed E-state index contributed by atoms with van der Waals surface area (Å²) in [6, 6.07) is 8.42. The molecule has 1 aromatic carbocycles. The highest BCUT2D eigenvalue weighted by atomic mass is 35.5. The molecule has 2 amide bonds. The summed E-state index contributed by atoms with van der Waals surface area (Å²) >= 11 is 5.98. The second-order valence-corrected chi connectivity index (χ2v) is 6.16. The summed E-state index contributed by atoms with van der Waals surface area (Å²) in [6.45, 7) is 1.32. The molecule has 2 N–H and O–H groups in total. The molecule has 25 heavy (non-hydrogen) atoms. The van der Waals surface area contributed by atoms with Gasteiger partial charge in [0.2, 0.25) is 11.9 Å². The molecular weight excluding hydrogens is 342 g/mol. The first-order valence-electron chi connectivity index (χ1n) is 8.02. The molecule has 8 heteroatoms. The first-order chi connectivity index (χ1) is 12.1. The van der Waals surface area contributed by atoms with E-state index in [1.54, 1.807) is 42.7 Å². The van der Waals surface area contributed by atoms with Gasteiger partial charge in [0.05, 0.1) is 16.5 Å². The number of hydrazine groups is 1. The Balaban J connectivity index is 1.56. The maximum atomic E-state index is 12.4. The molecule has 1 atom stereocenters. The fraction of sp³-hybridized carbons (Fsp3) is 0.294. The average molecular weight is 360 g/mol. The zero-order valence-corrected chi connectivity index (χ0v) is 14.2. The summed E-state index contributed by atoms with van der Waals surface area (Å²) in [5.74, 6) is -0.316. The monoisotopic (exact) mass is 359 g/mol. The molecule has 130 valence electrons. The van der Waals surface area contributed by atoms with Crippen LogP contribution in [0, 0.1) is 5.92 Å². The molecule has 0 saturated carbocycles. The summed E-state index contributed by atoms with van der Waals surface area (Å²) in [4.78, 5) is 34.9. The smallest absolute Gasteiger partial charge is 0.271 e. The molecule has 0 bridgehead atoms. The Morgan fingerprint density at radius 3 is 2.64 bits per heavy atom. The fourth-order valence-corrected chi connectivity index (χ4v) is 2.98. The van der Waals surface area contributed by atoms with Gasteiger partial charge in [0.15, 0.2) is 0 Å². The second-order valence-electron chi connectivity index (χ2n) is 5.76. The van der Waals surface area contributed by atoms with Gasteiger partial charge in [0.1, 0.15) is 0 Å². The van der Waals surface area contributed by atoms with Gasteiger partial charge in [-0.05, 0) is 31.0 Å². The van der Waals surface area contributed by atoms with Crippen molar-refractivity contribution in [2.75, 3.05) is 18.0 Å². The van der Waals surface area contributed by atoms with Crippen LogP contribution in [0.5, 0.6) is 0 Å². The molecule has 1 aliphatic heterocycles. The van der Waals surface area contributed by atoms with E-state index in [-0.39, 0.29) is 11.8 Å². The van der Waals surface area contributed by atoms with Gasteiger partial charge in [-0.15, -0.1) is 0 Å². The van der Waals surface area contributed by atoms with Crippen LogP contribution in [-0.4, -0.2) is 34.9 Å². The minimum atomic E-state index is -0.446. The van der Waals surface area contributed by atoms with Crippen molar-refractivity contribution in [3.05, 3.63) is 53.3 Å². The summed E-state index contributed by atoms with van der Waals surface area (Å²) in [5, 5.41) is 0.333. The summed E-state index contributed by atoms with van der Waals surface area (Å²) in [6.07, 6.45) is 4.96. The normalized spacial score (nSPS) is 17.0. The van der Waals surface area contributed by atoms with Crippen LogP contribution in [0.4, 0.5) is 5.95 Å². The lowest BCUT2D eigenvalue weighted by Crippen LogP contribution is -2.49. The lowest BCUT2D eigenvalue weighted by Gasteiger charge is -2.31. The van der Waals surface area contributed by atoms with Gasteiger partial charge in [0.25, 0.3) is 5.91 Å². The third-order valence-electron chi connectivity index (χ3n) is 4.04. The molecule has 1 unspecified atom stereocenters. The highest BCUT2D eigenvalue weighted by molar-refractivity contribution is 6.33. The number of nitrogens with zero attached hydrogens (tertiary/aromatic N) is 3. The number of carbonyl (C=O) groups excluding carboxylic acids is 2. The number of piperidine rings is 1. The van der Waals surface area contributed by atoms with Crippen molar-refractivity contribution < 1.29 is 9.59 Å². The lowest BCUT2D eigenvalue weighted by molar-refractivity contribution is -0.126. The molecule has 1 aliphatic rings. The van der Waals surface area contributed by atoms with Gasteiger partial charge < -0.3 is 4.90 Å². The quantitative estimate of drug-likeness (QED) is 0.816. The van der Waals surface area contributed by atoms with Crippen LogP contribution in [0.1, 0.15) is 23.2 Å². The molecular formula is C17H18ClN5O2. The zero-order valence-electron chi connectivity index (χ0n) is 13.5. The van der Waals surface area contributed by atoms with Gasteiger partial charge in [-0.3, -0.25) is 20.4 Å². The van der Waals surface area contributed by atoms with Crippen LogP contribution >= 0.6 is 11.6 Å². The minimum Gasteiger partial charge on any atom is -0.340 e. The molecule has 1 aromatic heterocycles. The largest absolute Gasteiger partial charge is 0.340 e. The van der Waals surface area contributed by atoms with Crippen molar-refractivity contribution >= 4 is 29.4 Å². The van der Waals surface area contributed by atoms with Crippen LogP contribution in [0.25, 0.3) is 0 Å². The molecule has 2 heterocycles. The number of anilines is 1. The number of hydrogen-bond acceptors (Lipinski definition) is 5. The highest BCUT2D eigenvalue weighted by Gasteiger charge is 2.27. The van der Waals surface area contributed by atoms with Crippen molar-refractivity contribution in [2.45, 2.75) is 12.8 Å². The number of rotatable bonds is 3. The predicted molar refractivity (Wildman–Crippen MR) is 94.0 cm³/mol. The number of halogens is 1. The molecule has 7 nitrogen and oxygen atoms in total. The SMILES string of the molecule is O=C(NNC(=O)C1CCCN(c2ncccn2)C1)c1ccccc1Cl. The van der Waals surface area contributed by atoms with E-state index in [1.165, 1.54) is 0 Å². The maximum Gasteiger partial charge on any atom is 0.271 e. The van der Waals surface area contributed by atoms with Crippen molar-refractivity contribution in [3.63, 3.8) is 0 Å². The average Bonchev–Trinajstić information content (AvgIpc) is 2.67. The third-order valence-corrected chi connectivity index (χ3v) is 4.37. The Bertz CT molecular complexity index is 756. The fourth-order valence-electron chi connectivity index (χ4n) is 2.76. The number of hydrogen-bond donors (Lipinski definition) is 2. The summed E-state index contributed by atoms with van der Waals surface area (Å²) in [7, 11) is 0. The Hall–Kier alpha value is -2.67. The number of amides is 2. The highest BCUT2D eigenvalue weighted by Crippen LogP contribution is 2.20. The number of carbonyl (C=O) groups is 2. The van der Waals surface area contributed by atoms with Crippen LogP contribution in [0.3, 0.4) is 0 Å². The number of nitrogens with one attached hydrogen (secondary N) is 2. The van der Waals surface area contributed by atoms with Crippen molar-refractivity contribution in [1.82, 2.24) is 20.8 Å². The van der Waals surface area contributed by atoms with Crippen LogP contribution in [-0.2, 0) is 4.79 Å². The van der Waals surface area contributed by atoms with Crippen molar-refractivity contribution in [3.8, 4) is 0 Å². The number of aromatic nitrogens is 2. The van der Waals surface area contributed by atoms with Gasteiger partial charge in [-0.1, -0.05) is 23.7 Å². The first kappa shape index (κ1) is 17.2. The molecule has 0 spiro atoms. The second kappa shape index (κ2) is 7.94. The molecule has 2 aromatic rings. The molecule has 0 aliphatic carbocycles. The van der Waals surface area contributed by atoms with E-state index < -0.39 is 5.91 Å². The Morgan fingerprint density at radius 2 is 1.88 bits per heavy atom. The van der Waals surface area contributed by atoms with E-state index in [9.17, 15) is 9.59 Å². The minimum absolute atomic E-state index is 0.235. The van der Waals surface area contributed by atoms with Crippen LogP contribution in [0.15, 0.2) is 42.7 Å². The van der Waals surface area contributed by atoms with Crippen LogP contribution in [0.2, 0.25) is 5.02 Å². The molecule has 3 rings (SSSR count). The van der Waals surface area contributed by atoms with E-state index in [0.29, 0.717) is 23.1 Å². The van der Waals surface area contributed by atoms with Crippen molar-refractivity contribution in [1.29, 1.82) is 0 Å². The summed E-state index contributed by atoms with van der Waals surface area (Å²) in [5.41, 5.74) is 5.22. The molecule has 0 radical (unpaired) electrons. The van der Waals surface area contributed by atoms with E-state index >= 15 is 0 Å². The van der Waals surface area contributed by atoms with E-state index in [0.717, 1.165) is 19.4 Å². The Kier molecular flexibility index (Phi) is 5.45. The predicted octanol–water partition coefficient (Wildman–Crippen LogP) is 1.81. The lowest BCUT2D eigenvalue weighted by atomic mass is 9.98. The topological polar surface area (TPSA) is 87.2 Å². The van der Waals surface area contributed by atoms with E-state index in [1.807, 2.05) is 4.90 Å². The Morgan fingerprint density at radius 1 is 1.12 bits per heavy atom. The van der Waals surface area contributed by atoms with E-state index in [2.05, 4.69) is 20.8 Å². The van der Waals surface area contributed by atoms with Crippen molar-refractivity contribution in [2.24, 2.45) is 5.92 Å². The zero-order chi connectivity index (χ0) is 17.6. The van der Waals surface area contributed by atoms with E-state index in [4.69, 9.17) is 11.6 Å². The number of benzene rings is 1. The summed E-state index contributed by atoms with van der Waals surface area (Å²) < 4.78 is 0. The maximum absolute atomic E-state index is 12.4. The van der Waals surface area contributed by atoms with Crippen LogP contribution < -0.4 is 15.8 Å². The van der Waals surface area contributed by atoms with Gasteiger partial charge in [0, 0.05) is 25.5 Å². The van der Waals surface area contributed by atoms with Gasteiger partial charge >= 0.3 is 0 Å². The first-order valence-corrected chi connectivity index (χ1v) is 8.39. The Labute approximate surface area is 150 Å².